The Morgan fingerprint density at radius 2 is 2.09 bits per heavy atom. The predicted molar refractivity (Wildman–Crippen MR) is 83.2 cm³/mol. The van der Waals surface area contributed by atoms with E-state index < -0.39 is 27.4 Å². The van der Waals surface area contributed by atoms with Crippen LogP contribution in [0.1, 0.15) is 19.8 Å². The average molecular weight is 329 g/mol. The molecule has 1 amide bonds. The summed E-state index contributed by atoms with van der Waals surface area (Å²) in [6.45, 7) is 2.02. The molecule has 0 heterocycles. The van der Waals surface area contributed by atoms with Gasteiger partial charge in [0.2, 0.25) is 15.9 Å². The monoisotopic (exact) mass is 329 g/mol. The van der Waals surface area contributed by atoms with E-state index in [1.807, 2.05) is 6.92 Å². The fraction of sp³-hybridized carbons (Fsp3) is 0.462. The van der Waals surface area contributed by atoms with E-state index >= 15 is 0 Å². The Labute approximate surface area is 129 Å². The van der Waals surface area contributed by atoms with Crippen LogP contribution in [0.4, 0.5) is 11.4 Å². The van der Waals surface area contributed by atoms with Gasteiger partial charge in [-0.15, -0.1) is 0 Å². The molecule has 8 nitrogen and oxygen atoms in total. The number of benzene rings is 1. The second kappa shape index (κ2) is 7.74. The van der Waals surface area contributed by atoms with Crippen molar-refractivity contribution in [3.8, 4) is 0 Å². The first-order valence-corrected chi connectivity index (χ1v) is 8.59. The molecule has 9 heteroatoms. The number of nitrogens with zero attached hydrogens (tertiary/aromatic N) is 2. The zero-order chi connectivity index (χ0) is 16.8. The summed E-state index contributed by atoms with van der Waals surface area (Å²) in [6.07, 6.45) is 2.65. The molecular weight excluding hydrogens is 310 g/mol. The van der Waals surface area contributed by atoms with E-state index in [1.165, 1.54) is 18.2 Å². The summed E-state index contributed by atoms with van der Waals surface area (Å²) >= 11 is 0. The number of anilines is 1. The van der Waals surface area contributed by atoms with Gasteiger partial charge in [0.1, 0.15) is 6.54 Å². The van der Waals surface area contributed by atoms with Crippen molar-refractivity contribution < 1.29 is 18.1 Å². The van der Waals surface area contributed by atoms with Gasteiger partial charge in [-0.2, -0.15) is 0 Å². The van der Waals surface area contributed by atoms with Crippen LogP contribution in [0.2, 0.25) is 0 Å². The van der Waals surface area contributed by atoms with Crippen LogP contribution in [-0.2, 0) is 14.8 Å². The van der Waals surface area contributed by atoms with E-state index in [1.54, 1.807) is 0 Å². The minimum absolute atomic E-state index is 0.0855. The summed E-state index contributed by atoms with van der Waals surface area (Å²) in [6, 6.07) is 5.17. The molecule has 0 radical (unpaired) electrons. The molecule has 0 aromatic heterocycles. The Balaban J connectivity index is 2.97. The van der Waals surface area contributed by atoms with Gasteiger partial charge in [0.05, 0.1) is 16.9 Å². The molecule has 1 N–H and O–H groups in total. The Bertz CT molecular complexity index is 645. The number of nitro benzene ring substituents is 1. The van der Waals surface area contributed by atoms with Crippen LogP contribution in [0.5, 0.6) is 0 Å². The van der Waals surface area contributed by atoms with Crippen LogP contribution < -0.4 is 9.62 Å². The molecule has 1 aromatic carbocycles. The van der Waals surface area contributed by atoms with Gasteiger partial charge in [0.25, 0.3) is 5.69 Å². The average Bonchev–Trinajstić information content (AvgIpc) is 2.44. The number of rotatable bonds is 8. The molecule has 0 spiro atoms. The van der Waals surface area contributed by atoms with Gasteiger partial charge in [-0.05, 0) is 12.5 Å². The Morgan fingerprint density at radius 3 is 2.64 bits per heavy atom. The molecule has 0 unspecified atom stereocenters. The first-order valence-electron chi connectivity index (χ1n) is 6.74. The van der Waals surface area contributed by atoms with E-state index in [9.17, 15) is 23.3 Å². The minimum atomic E-state index is -3.74. The van der Waals surface area contributed by atoms with Gasteiger partial charge in [0, 0.05) is 18.7 Å². The number of carbonyl (C=O) groups is 1. The van der Waals surface area contributed by atoms with Gasteiger partial charge in [-0.3, -0.25) is 19.2 Å². The summed E-state index contributed by atoms with van der Waals surface area (Å²) in [5.41, 5.74) is -0.153. The van der Waals surface area contributed by atoms with Crippen molar-refractivity contribution in [2.45, 2.75) is 19.8 Å². The molecule has 0 aliphatic rings. The van der Waals surface area contributed by atoms with Crippen LogP contribution in [0.3, 0.4) is 0 Å². The first kappa shape index (κ1) is 17.9. The number of hydrogen-bond donors (Lipinski definition) is 1. The second-order valence-electron chi connectivity index (χ2n) is 4.75. The van der Waals surface area contributed by atoms with Gasteiger partial charge < -0.3 is 5.32 Å². The third kappa shape index (κ3) is 5.32. The molecule has 122 valence electrons. The van der Waals surface area contributed by atoms with Gasteiger partial charge >= 0.3 is 0 Å². The number of unbranched alkanes of at least 4 members (excludes halogenated alkanes) is 1. The molecule has 1 aromatic rings. The second-order valence-corrected chi connectivity index (χ2v) is 6.66. The Morgan fingerprint density at radius 1 is 1.41 bits per heavy atom. The van der Waals surface area contributed by atoms with Gasteiger partial charge in [-0.1, -0.05) is 19.4 Å². The highest BCUT2D eigenvalue weighted by Gasteiger charge is 2.22. The molecule has 1 rings (SSSR count). The van der Waals surface area contributed by atoms with Crippen LogP contribution in [0.25, 0.3) is 0 Å². The molecule has 0 aliphatic carbocycles. The highest BCUT2D eigenvalue weighted by molar-refractivity contribution is 7.92. The van der Waals surface area contributed by atoms with Crippen molar-refractivity contribution in [1.82, 2.24) is 5.32 Å². The highest BCUT2D eigenvalue weighted by atomic mass is 32.2. The minimum Gasteiger partial charge on any atom is -0.355 e. The van der Waals surface area contributed by atoms with E-state index in [0.717, 1.165) is 29.5 Å². The van der Waals surface area contributed by atoms with Crippen molar-refractivity contribution in [2.24, 2.45) is 0 Å². The van der Waals surface area contributed by atoms with Crippen molar-refractivity contribution >= 4 is 27.3 Å². The first-order chi connectivity index (χ1) is 10.3. The smallest absolute Gasteiger partial charge is 0.271 e. The SMILES string of the molecule is CCCCNC(=O)CN(c1cccc([N+](=O)[O-])c1)S(C)(=O)=O. The van der Waals surface area contributed by atoms with Crippen LogP contribution >= 0.6 is 0 Å². The lowest BCUT2D eigenvalue weighted by Crippen LogP contribution is -2.40. The molecule has 0 saturated heterocycles. The maximum Gasteiger partial charge on any atom is 0.271 e. The summed E-state index contributed by atoms with van der Waals surface area (Å²) in [5.74, 6) is -0.453. The highest BCUT2D eigenvalue weighted by Crippen LogP contribution is 2.22. The topological polar surface area (TPSA) is 110 Å². The quantitative estimate of drug-likeness (QED) is 0.439. The Hall–Kier alpha value is -2.16. The number of sulfonamides is 1. The van der Waals surface area contributed by atoms with Gasteiger partial charge in [-0.25, -0.2) is 8.42 Å². The molecule has 0 fully saturated rings. The zero-order valence-corrected chi connectivity index (χ0v) is 13.3. The van der Waals surface area contributed by atoms with Crippen molar-refractivity contribution in [2.75, 3.05) is 23.7 Å². The lowest BCUT2D eigenvalue weighted by molar-refractivity contribution is -0.384. The molecule has 0 atom stereocenters. The lowest BCUT2D eigenvalue weighted by atomic mass is 10.3. The molecule has 0 bridgehead atoms. The standard InChI is InChI=1S/C13H19N3O5S/c1-3-4-8-14-13(17)10-15(22(2,20)21)11-6-5-7-12(9-11)16(18)19/h5-7,9H,3-4,8,10H2,1-2H3,(H,14,17). The zero-order valence-electron chi connectivity index (χ0n) is 12.5. The normalized spacial score (nSPS) is 11.0. The molecule has 0 saturated carbocycles. The van der Waals surface area contributed by atoms with Crippen LogP contribution in [-0.4, -0.2) is 38.6 Å². The summed E-state index contributed by atoms with van der Waals surface area (Å²) in [5, 5.41) is 13.4. The maximum absolute atomic E-state index is 11.9. The summed E-state index contributed by atoms with van der Waals surface area (Å²) < 4.78 is 24.6. The third-order valence-electron chi connectivity index (χ3n) is 2.87. The number of carbonyl (C=O) groups excluding carboxylic acids is 1. The van der Waals surface area contributed by atoms with Crippen LogP contribution in [0, 0.1) is 10.1 Å². The molecule has 22 heavy (non-hydrogen) atoms. The van der Waals surface area contributed by atoms with Crippen LogP contribution in [0.15, 0.2) is 24.3 Å². The lowest BCUT2D eigenvalue weighted by Gasteiger charge is -2.21. The number of hydrogen-bond acceptors (Lipinski definition) is 5. The summed E-state index contributed by atoms with van der Waals surface area (Å²) in [7, 11) is -3.74. The fourth-order valence-corrected chi connectivity index (χ4v) is 2.60. The maximum atomic E-state index is 11.9. The van der Waals surface area contributed by atoms with Crippen molar-refractivity contribution in [1.29, 1.82) is 0 Å². The fourth-order valence-electron chi connectivity index (χ4n) is 1.75. The van der Waals surface area contributed by atoms with Crippen molar-refractivity contribution in [3.63, 3.8) is 0 Å². The van der Waals surface area contributed by atoms with E-state index in [-0.39, 0.29) is 11.4 Å². The largest absolute Gasteiger partial charge is 0.355 e. The summed E-state index contributed by atoms with van der Waals surface area (Å²) in [4.78, 5) is 22.0. The Kier molecular flexibility index (Phi) is 6.29. The van der Waals surface area contributed by atoms with E-state index in [4.69, 9.17) is 0 Å². The number of nitrogens with one attached hydrogen (secondary N) is 1. The number of nitro groups is 1. The van der Waals surface area contributed by atoms with E-state index in [2.05, 4.69) is 5.32 Å². The number of amides is 1. The van der Waals surface area contributed by atoms with Gasteiger partial charge in [0.15, 0.2) is 0 Å². The third-order valence-corrected chi connectivity index (χ3v) is 4.01. The number of non-ortho nitro benzene ring substituents is 1. The predicted octanol–water partition coefficient (Wildman–Crippen LogP) is 1.28. The molecule has 0 aliphatic heterocycles. The van der Waals surface area contributed by atoms with E-state index in [0.29, 0.717) is 6.54 Å². The van der Waals surface area contributed by atoms with Crippen molar-refractivity contribution in [3.05, 3.63) is 34.4 Å². The molecular formula is C13H19N3O5S.